The van der Waals surface area contributed by atoms with Crippen LogP contribution in [0.4, 0.5) is 15.8 Å². The molecule has 1 aliphatic heterocycles. The molecule has 0 bridgehead atoms. The number of carbonyl (C=O) groups excluding carboxylic acids is 1. The predicted octanol–water partition coefficient (Wildman–Crippen LogP) is 4.26. The lowest BCUT2D eigenvalue weighted by molar-refractivity contribution is 0.102. The van der Waals surface area contributed by atoms with Gasteiger partial charge in [0.25, 0.3) is 5.91 Å². The Morgan fingerprint density at radius 3 is 2.55 bits per heavy atom. The fraction of sp³-hybridized carbons (Fsp3) is 0.273. The molecule has 1 fully saturated rings. The Hall–Kier alpha value is -3.35. The zero-order valence-electron chi connectivity index (χ0n) is 16.3. The molecule has 2 heterocycles. The van der Waals surface area contributed by atoms with E-state index >= 15 is 0 Å². The van der Waals surface area contributed by atoms with Gasteiger partial charge in [0.15, 0.2) is 5.69 Å². The van der Waals surface area contributed by atoms with Crippen LogP contribution in [-0.4, -0.2) is 35.9 Å². The van der Waals surface area contributed by atoms with Gasteiger partial charge in [-0.15, -0.1) is 0 Å². The van der Waals surface area contributed by atoms with Crippen molar-refractivity contribution in [1.82, 2.24) is 9.78 Å². The number of amides is 1. The highest BCUT2D eigenvalue weighted by Crippen LogP contribution is 2.29. The van der Waals surface area contributed by atoms with Gasteiger partial charge in [-0.25, -0.2) is 9.07 Å². The number of halogens is 1. The Morgan fingerprint density at radius 1 is 1.07 bits per heavy atom. The Bertz CT molecular complexity index is 994. The smallest absolute Gasteiger partial charge is 0.276 e. The molecule has 1 saturated heterocycles. The highest BCUT2D eigenvalue weighted by atomic mass is 19.1. The number of nitrogens with zero attached hydrogens (tertiary/aromatic N) is 3. The van der Waals surface area contributed by atoms with Crippen molar-refractivity contribution in [2.75, 3.05) is 30.4 Å². The Labute approximate surface area is 168 Å². The summed E-state index contributed by atoms with van der Waals surface area (Å²) in [6, 6.07) is 13.5. The van der Waals surface area contributed by atoms with E-state index in [-0.39, 0.29) is 17.4 Å². The van der Waals surface area contributed by atoms with Crippen molar-refractivity contribution in [2.45, 2.75) is 19.3 Å². The number of piperidine rings is 1. The third-order valence-electron chi connectivity index (χ3n) is 5.06. The number of carbonyl (C=O) groups is 1. The largest absolute Gasteiger partial charge is 0.497 e. The molecule has 150 valence electrons. The van der Waals surface area contributed by atoms with Crippen LogP contribution < -0.4 is 15.0 Å². The van der Waals surface area contributed by atoms with E-state index in [2.05, 4.69) is 15.3 Å². The second-order valence-corrected chi connectivity index (χ2v) is 7.01. The molecular formula is C22H23FN4O2. The molecule has 1 aliphatic rings. The highest BCUT2D eigenvalue weighted by Gasteiger charge is 2.18. The summed E-state index contributed by atoms with van der Waals surface area (Å²) in [5.74, 6) is -0.0128. The topological polar surface area (TPSA) is 59.4 Å². The Kier molecular flexibility index (Phi) is 5.46. The molecule has 1 amide bonds. The van der Waals surface area contributed by atoms with Crippen molar-refractivity contribution < 1.29 is 13.9 Å². The van der Waals surface area contributed by atoms with Crippen LogP contribution in [0.25, 0.3) is 5.69 Å². The molecule has 0 unspecified atom stereocenters. The van der Waals surface area contributed by atoms with Crippen molar-refractivity contribution in [3.8, 4) is 11.4 Å². The monoisotopic (exact) mass is 394 g/mol. The number of ether oxygens (including phenoxy) is 1. The van der Waals surface area contributed by atoms with Crippen LogP contribution >= 0.6 is 0 Å². The molecule has 1 N–H and O–H groups in total. The number of benzene rings is 2. The predicted molar refractivity (Wildman–Crippen MR) is 111 cm³/mol. The molecule has 0 radical (unpaired) electrons. The minimum atomic E-state index is -0.384. The van der Waals surface area contributed by atoms with E-state index in [9.17, 15) is 9.18 Å². The average molecular weight is 394 g/mol. The van der Waals surface area contributed by atoms with Gasteiger partial charge in [-0.3, -0.25) is 4.79 Å². The number of anilines is 2. The third kappa shape index (κ3) is 4.23. The van der Waals surface area contributed by atoms with Gasteiger partial charge >= 0.3 is 0 Å². The molecule has 0 saturated carbocycles. The lowest BCUT2D eigenvalue weighted by Gasteiger charge is -2.30. The van der Waals surface area contributed by atoms with Gasteiger partial charge in [0.05, 0.1) is 24.2 Å². The van der Waals surface area contributed by atoms with E-state index in [1.165, 1.54) is 18.6 Å². The van der Waals surface area contributed by atoms with E-state index in [4.69, 9.17) is 4.74 Å². The third-order valence-corrected chi connectivity index (χ3v) is 5.06. The van der Waals surface area contributed by atoms with Crippen molar-refractivity contribution in [3.63, 3.8) is 0 Å². The molecule has 7 heteroatoms. The number of hydrogen-bond donors (Lipinski definition) is 1. The minimum absolute atomic E-state index is 0.259. The summed E-state index contributed by atoms with van der Waals surface area (Å²) in [4.78, 5) is 14.9. The van der Waals surface area contributed by atoms with Gasteiger partial charge in [-0.2, -0.15) is 5.10 Å². The standard InChI is InChI=1S/C22H23FN4O2/c1-29-18-8-6-17(7-9-18)27-14-11-19(25-27)22(28)24-20-15-16(23)5-10-21(20)26-12-3-2-4-13-26/h5-11,14-15H,2-4,12-13H2,1H3,(H,24,28). The summed E-state index contributed by atoms with van der Waals surface area (Å²) in [5, 5.41) is 7.18. The fourth-order valence-corrected chi connectivity index (χ4v) is 3.53. The van der Waals surface area contributed by atoms with Crippen LogP contribution in [0.5, 0.6) is 5.75 Å². The van der Waals surface area contributed by atoms with Crippen LogP contribution in [0.2, 0.25) is 0 Å². The summed E-state index contributed by atoms with van der Waals surface area (Å²) in [7, 11) is 1.61. The van der Waals surface area contributed by atoms with Gasteiger partial charge in [-0.1, -0.05) is 0 Å². The summed E-state index contributed by atoms with van der Waals surface area (Å²) in [5.41, 5.74) is 2.38. The minimum Gasteiger partial charge on any atom is -0.497 e. The second-order valence-electron chi connectivity index (χ2n) is 7.01. The molecule has 3 aromatic rings. The number of nitrogens with one attached hydrogen (secondary N) is 1. The van der Waals surface area contributed by atoms with Gasteiger partial charge in [0.2, 0.25) is 0 Å². The first-order valence-corrected chi connectivity index (χ1v) is 9.70. The van der Waals surface area contributed by atoms with E-state index < -0.39 is 0 Å². The zero-order chi connectivity index (χ0) is 20.2. The molecule has 29 heavy (non-hydrogen) atoms. The van der Waals surface area contributed by atoms with Gasteiger partial charge in [0, 0.05) is 19.3 Å². The quantitative estimate of drug-likeness (QED) is 0.702. The zero-order valence-corrected chi connectivity index (χ0v) is 16.3. The highest BCUT2D eigenvalue weighted by molar-refractivity contribution is 6.04. The van der Waals surface area contributed by atoms with E-state index in [1.54, 1.807) is 30.1 Å². The SMILES string of the molecule is COc1ccc(-n2ccc(C(=O)Nc3cc(F)ccc3N3CCCCC3)n2)cc1. The number of hydrogen-bond acceptors (Lipinski definition) is 4. The number of rotatable bonds is 5. The first kappa shape index (κ1) is 19.0. The van der Waals surface area contributed by atoms with Crippen molar-refractivity contribution in [2.24, 2.45) is 0 Å². The second kappa shape index (κ2) is 8.34. The van der Waals surface area contributed by atoms with Crippen molar-refractivity contribution in [3.05, 3.63) is 66.2 Å². The number of aromatic nitrogens is 2. The fourth-order valence-electron chi connectivity index (χ4n) is 3.53. The molecule has 0 spiro atoms. The first-order valence-electron chi connectivity index (χ1n) is 9.70. The van der Waals surface area contributed by atoms with Gasteiger partial charge in [0.1, 0.15) is 11.6 Å². The average Bonchev–Trinajstić information content (AvgIpc) is 3.25. The lowest BCUT2D eigenvalue weighted by atomic mass is 10.1. The summed E-state index contributed by atoms with van der Waals surface area (Å²) >= 11 is 0. The van der Waals surface area contributed by atoms with Crippen LogP contribution in [0.3, 0.4) is 0 Å². The Balaban J connectivity index is 1.54. The lowest BCUT2D eigenvalue weighted by Crippen LogP contribution is -2.30. The summed E-state index contributed by atoms with van der Waals surface area (Å²) in [6.07, 6.45) is 5.10. The molecule has 0 atom stereocenters. The van der Waals surface area contributed by atoms with Gasteiger partial charge < -0.3 is 15.0 Å². The maximum atomic E-state index is 13.9. The van der Waals surface area contributed by atoms with Crippen LogP contribution in [0.1, 0.15) is 29.8 Å². The molecular weight excluding hydrogens is 371 g/mol. The molecule has 2 aromatic carbocycles. The molecule has 1 aromatic heterocycles. The van der Waals surface area contributed by atoms with E-state index in [0.717, 1.165) is 43.1 Å². The van der Waals surface area contributed by atoms with Crippen LogP contribution in [-0.2, 0) is 0 Å². The normalized spacial score (nSPS) is 13.9. The molecule has 6 nitrogen and oxygen atoms in total. The van der Waals surface area contributed by atoms with E-state index in [0.29, 0.717) is 5.69 Å². The van der Waals surface area contributed by atoms with E-state index in [1.807, 2.05) is 24.3 Å². The van der Waals surface area contributed by atoms with Crippen molar-refractivity contribution in [1.29, 1.82) is 0 Å². The van der Waals surface area contributed by atoms with Gasteiger partial charge in [-0.05, 0) is 67.8 Å². The summed E-state index contributed by atoms with van der Waals surface area (Å²) in [6.45, 7) is 1.81. The van der Waals surface area contributed by atoms with Crippen LogP contribution in [0, 0.1) is 5.82 Å². The van der Waals surface area contributed by atoms with Crippen LogP contribution in [0.15, 0.2) is 54.7 Å². The molecule has 4 rings (SSSR count). The Morgan fingerprint density at radius 2 is 1.83 bits per heavy atom. The van der Waals surface area contributed by atoms with Crippen molar-refractivity contribution >= 4 is 17.3 Å². The number of methoxy groups -OCH3 is 1. The summed E-state index contributed by atoms with van der Waals surface area (Å²) < 4.78 is 20.6. The molecule has 0 aliphatic carbocycles. The first-order chi connectivity index (χ1) is 14.1. The maximum Gasteiger partial charge on any atom is 0.276 e. The maximum absolute atomic E-state index is 13.9.